The predicted octanol–water partition coefficient (Wildman–Crippen LogP) is -0.874. The maximum Gasteiger partial charge on any atom is 0.233 e. The molecule has 0 aliphatic carbocycles. The quantitative estimate of drug-likeness (QED) is 0.414. The Morgan fingerprint density at radius 1 is 1.35 bits per heavy atom. The molecule has 0 aromatic carbocycles. The van der Waals surface area contributed by atoms with Crippen LogP contribution in [0.25, 0.3) is 0 Å². The van der Waals surface area contributed by atoms with Gasteiger partial charge in [-0.05, 0) is 12.8 Å². The van der Waals surface area contributed by atoms with Gasteiger partial charge in [0.1, 0.15) is 0 Å². The van der Waals surface area contributed by atoms with Gasteiger partial charge >= 0.3 is 0 Å². The molecule has 0 aromatic rings. The highest BCUT2D eigenvalue weighted by atomic mass is 16.5. The minimum Gasteiger partial charge on any atom is -0.396 e. The summed E-state index contributed by atoms with van der Waals surface area (Å²) in [6, 6.07) is 0.00900. The molecule has 3 N–H and O–H groups in total. The zero-order valence-corrected chi connectivity index (χ0v) is 10.7. The van der Waals surface area contributed by atoms with Crippen molar-refractivity contribution in [2.45, 2.75) is 18.9 Å². The van der Waals surface area contributed by atoms with E-state index in [0.29, 0.717) is 26.2 Å². The molecule has 0 bridgehead atoms. The number of nitrogens with one attached hydrogen (secondary N) is 2. The van der Waals surface area contributed by atoms with E-state index < -0.39 is 0 Å². The van der Waals surface area contributed by atoms with Crippen molar-refractivity contribution >= 4 is 5.91 Å². The highest BCUT2D eigenvalue weighted by molar-refractivity contribution is 5.77. The van der Waals surface area contributed by atoms with Crippen molar-refractivity contribution in [2.24, 2.45) is 0 Å². The van der Waals surface area contributed by atoms with E-state index in [0.717, 1.165) is 6.42 Å². The summed E-state index contributed by atoms with van der Waals surface area (Å²) in [5, 5.41) is 14.6. The van der Waals surface area contributed by atoms with E-state index in [2.05, 4.69) is 10.6 Å². The summed E-state index contributed by atoms with van der Waals surface area (Å²) < 4.78 is 9.85. The van der Waals surface area contributed by atoms with Gasteiger partial charge in [0.15, 0.2) is 0 Å². The maximum absolute atomic E-state index is 11.4. The largest absolute Gasteiger partial charge is 0.396 e. The first-order chi connectivity index (χ1) is 8.24. The smallest absolute Gasteiger partial charge is 0.233 e. The molecule has 0 fully saturated rings. The lowest BCUT2D eigenvalue weighted by molar-refractivity contribution is -0.120. The van der Waals surface area contributed by atoms with Gasteiger partial charge in [-0.1, -0.05) is 0 Å². The van der Waals surface area contributed by atoms with E-state index in [1.807, 2.05) is 0 Å². The Morgan fingerprint density at radius 2 is 2.12 bits per heavy atom. The summed E-state index contributed by atoms with van der Waals surface area (Å²) >= 11 is 0. The second-order valence-electron chi connectivity index (χ2n) is 3.74. The topological polar surface area (TPSA) is 79.8 Å². The highest BCUT2D eigenvalue weighted by Crippen LogP contribution is 1.91. The molecule has 0 radical (unpaired) electrons. The van der Waals surface area contributed by atoms with Gasteiger partial charge in [-0.15, -0.1) is 0 Å². The van der Waals surface area contributed by atoms with E-state index >= 15 is 0 Å². The monoisotopic (exact) mass is 248 g/mol. The third-order valence-corrected chi connectivity index (χ3v) is 2.24. The van der Waals surface area contributed by atoms with Crippen LogP contribution in [0.1, 0.15) is 12.8 Å². The number of amides is 1. The van der Waals surface area contributed by atoms with Gasteiger partial charge in [0.2, 0.25) is 5.91 Å². The van der Waals surface area contributed by atoms with Gasteiger partial charge in [-0.25, -0.2) is 0 Å². The number of carbonyl (C=O) groups excluding carboxylic acids is 1. The molecule has 17 heavy (non-hydrogen) atoms. The Hall–Kier alpha value is -0.690. The molecule has 0 rings (SSSR count). The first-order valence-electron chi connectivity index (χ1n) is 5.83. The van der Waals surface area contributed by atoms with Crippen LogP contribution in [-0.2, 0) is 14.3 Å². The number of aliphatic hydroxyl groups excluding tert-OH is 1. The molecule has 6 nitrogen and oxygen atoms in total. The molecule has 0 spiro atoms. The normalized spacial score (nSPS) is 12.4. The average molecular weight is 248 g/mol. The first kappa shape index (κ1) is 16.3. The Labute approximate surface area is 103 Å². The number of methoxy groups -OCH3 is 2. The van der Waals surface area contributed by atoms with Crippen molar-refractivity contribution in [3.05, 3.63) is 0 Å². The Balaban J connectivity index is 3.57. The predicted molar refractivity (Wildman–Crippen MR) is 64.9 cm³/mol. The number of rotatable bonds is 11. The number of carbonyl (C=O) groups is 1. The molecule has 6 heteroatoms. The van der Waals surface area contributed by atoms with Crippen LogP contribution in [0.3, 0.4) is 0 Å². The van der Waals surface area contributed by atoms with Crippen LogP contribution in [-0.4, -0.2) is 64.2 Å². The maximum atomic E-state index is 11.4. The van der Waals surface area contributed by atoms with Crippen LogP contribution in [0.2, 0.25) is 0 Å². The van der Waals surface area contributed by atoms with E-state index in [-0.39, 0.29) is 25.1 Å². The molecule has 1 unspecified atom stereocenters. The molecule has 0 aliphatic rings. The van der Waals surface area contributed by atoms with Gasteiger partial charge in [0.25, 0.3) is 0 Å². The first-order valence-corrected chi connectivity index (χ1v) is 5.83. The summed E-state index contributed by atoms with van der Waals surface area (Å²) in [7, 11) is 3.23. The summed E-state index contributed by atoms with van der Waals surface area (Å²) in [5.74, 6) is -0.0554. The van der Waals surface area contributed by atoms with Gasteiger partial charge in [0.05, 0.1) is 13.2 Å². The highest BCUT2D eigenvalue weighted by Gasteiger charge is 2.09. The van der Waals surface area contributed by atoms with Crippen molar-refractivity contribution in [1.29, 1.82) is 0 Å². The molecular formula is C11H24N2O4. The van der Waals surface area contributed by atoms with Gasteiger partial charge < -0.3 is 25.2 Å². The van der Waals surface area contributed by atoms with Crippen LogP contribution < -0.4 is 10.6 Å². The van der Waals surface area contributed by atoms with Crippen molar-refractivity contribution in [2.75, 3.05) is 47.1 Å². The molecule has 0 aliphatic heterocycles. The minimum atomic E-state index is -0.0554. The van der Waals surface area contributed by atoms with Crippen LogP contribution in [0, 0.1) is 0 Å². The average Bonchev–Trinajstić information content (AvgIpc) is 2.32. The Bertz CT molecular complexity index is 184. The fourth-order valence-corrected chi connectivity index (χ4v) is 1.35. The standard InChI is InChI=1S/C11H24N2O4/c1-16-7-3-5-12-11(15)8-13-10(4-6-14)9-17-2/h10,13-14H,3-9H2,1-2H3,(H,12,15). The van der Waals surface area contributed by atoms with Crippen LogP contribution >= 0.6 is 0 Å². The lowest BCUT2D eigenvalue weighted by Gasteiger charge is -2.16. The van der Waals surface area contributed by atoms with Crippen molar-refractivity contribution in [1.82, 2.24) is 10.6 Å². The minimum absolute atomic E-state index is 0.00900. The summed E-state index contributed by atoms with van der Waals surface area (Å²) in [6.07, 6.45) is 1.38. The van der Waals surface area contributed by atoms with E-state index in [9.17, 15) is 4.79 Å². The second-order valence-corrected chi connectivity index (χ2v) is 3.74. The summed E-state index contributed by atoms with van der Waals surface area (Å²) in [5.41, 5.74) is 0. The lowest BCUT2D eigenvalue weighted by Crippen LogP contribution is -2.42. The zero-order valence-electron chi connectivity index (χ0n) is 10.7. The summed E-state index contributed by atoms with van der Waals surface area (Å²) in [4.78, 5) is 11.4. The van der Waals surface area contributed by atoms with Gasteiger partial charge in [0, 0.05) is 40.0 Å². The fraction of sp³-hybridized carbons (Fsp3) is 0.909. The van der Waals surface area contributed by atoms with Crippen molar-refractivity contribution in [3.63, 3.8) is 0 Å². The number of aliphatic hydroxyl groups is 1. The molecule has 0 aromatic heterocycles. The van der Waals surface area contributed by atoms with E-state index in [1.165, 1.54) is 0 Å². The van der Waals surface area contributed by atoms with Gasteiger partial charge in [-0.3, -0.25) is 4.79 Å². The molecule has 0 saturated heterocycles. The van der Waals surface area contributed by atoms with E-state index in [4.69, 9.17) is 14.6 Å². The Kier molecular flexibility index (Phi) is 11.3. The zero-order chi connectivity index (χ0) is 12.9. The fourth-order valence-electron chi connectivity index (χ4n) is 1.35. The van der Waals surface area contributed by atoms with Crippen molar-refractivity contribution < 1.29 is 19.4 Å². The second kappa shape index (κ2) is 11.8. The molecule has 1 amide bonds. The number of hydrogen-bond donors (Lipinski definition) is 3. The molecular weight excluding hydrogens is 224 g/mol. The Morgan fingerprint density at radius 3 is 2.71 bits per heavy atom. The van der Waals surface area contributed by atoms with Crippen molar-refractivity contribution in [3.8, 4) is 0 Å². The van der Waals surface area contributed by atoms with Gasteiger partial charge in [-0.2, -0.15) is 0 Å². The third-order valence-electron chi connectivity index (χ3n) is 2.24. The summed E-state index contributed by atoms with van der Waals surface area (Å²) in [6.45, 7) is 2.06. The molecule has 0 heterocycles. The molecule has 0 saturated carbocycles. The van der Waals surface area contributed by atoms with E-state index in [1.54, 1.807) is 14.2 Å². The lowest BCUT2D eigenvalue weighted by atomic mass is 10.2. The SMILES string of the molecule is COCCCNC(=O)CNC(CCO)COC. The van der Waals surface area contributed by atoms with Crippen LogP contribution in [0.15, 0.2) is 0 Å². The van der Waals surface area contributed by atoms with Crippen LogP contribution in [0.5, 0.6) is 0 Å². The number of hydrogen-bond acceptors (Lipinski definition) is 5. The molecule has 1 atom stereocenters. The third kappa shape index (κ3) is 10.2. The number of ether oxygens (including phenoxy) is 2. The molecule has 102 valence electrons. The van der Waals surface area contributed by atoms with Crippen LogP contribution in [0.4, 0.5) is 0 Å².